The van der Waals surface area contributed by atoms with Crippen molar-refractivity contribution in [3.05, 3.63) is 57.0 Å². The summed E-state index contributed by atoms with van der Waals surface area (Å²) in [5.74, 6) is 2.73. The summed E-state index contributed by atoms with van der Waals surface area (Å²) in [5, 5.41) is 4.71. The lowest BCUT2D eigenvalue weighted by Crippen LogP contribution is -2.24. The summed E-state index contributed by atoms with van der Waals surface area (Å²) >= 11 is 17.7. The molecule has 0 saturated carbocycles. The molecular weight excluding hydrogens is 513 g/mol. The molecule has 0 aromatic heterocycles. The molecule has 188 valence electrons. The van der Waals surface area contributed by atoms with Crippen LogP contribution >= 0.6 is 34.8 Å². The third kappa shape index (κ3) is 6.49. The van der Waals surface area contributed by atoms with Crippen molar-refractivity contribution < 1.29 is 23.8 Å². The highest BCUT2D eigenvalue weighted by atomic mass is 35.5. The van der Waals surface area contributed by atoms with Crippen molar-refractivity contribution in [3.63, 3.8) is 0 Å². The first-order valence-electron chi connectivity index (χ1n) is 11.4. The number of halogens is 3. The number of fused-ring (bicyclic) bond motifs is 1. The minimum atomic E-state index is -0.201. The van der Waals surface area contributed by atoms with Crippen LogP contribution in [0.25, 0.3) is 0 Å². The highest BCUT2D eigenvalue weighted by Crippen LogP contribution is 2.42. The Morgan fingerprint density at radius 2 is 2.06 bits per heavy atom. The van der Waals surface area contributed by atoms with Gasteiger partial charge in [0.1, 0.15) is 34.3 Å². The average molecular weight is 541 g/mol. The van der Waals surface area contributed by atoms with Gasteiger partial charge < -0.3 is 23.8 Å². The van der Waals surface area contributed by atoms with Gasteiger partial charge >= 0.3 is 0 Å². The standard InChI is InChI=1S/C26H28Cl3NO5/c1-26(2)15-16-6-4-8-22(24(16)34-26)33-10-5-7-17-14-21(30-35-17)19-12-18(32-11-9-23(28)29)13-20(27)25(19)31-3/h4,6,8-9,12-13,17H,5,7,10-11,14-15H2,1-3H3. The Kier molecular flexibility index (Phi) is 8.25. The quantitative estimate of drug-likeness (QED) is 0.301. The van der Waals surface area contributed by atoms with Gasteiger partial charge in [-0.2, -0.15) is 0 Å². The van der Waals surface area contributed by atoms with Crippen LogP contribution in [0.3, 0.4) is 0 Å². The molecule has 1 atom stereocenters. The van der Waals surface area contributed by atoms with Crippen molar-refractivity contribution in [2.75, 3.05) is 20.3 Å². The summed E-state index contributed by atoms with van der Waals surface area (Å²) < 4.78 is 23.4. The van der Waals surface area contributed by atoms with Crippen molar-refractivity contribution >= 4 is 40.5 Å². The van der Waals surface area contributed by atoms with E-state index in [1.54, 1.807) is 19.3 Å². The van der Waals surface area contributed by atoms with Crippen LogP contribution < -0.4 is 18.9 Å². The lowest BCUT2D eigenvalue weighted by molar-refractivity contribution is 0.0738. The first kappa shape index (κ1) is 25.8. The lowest BCUT2D eigenvalue weighted by atomic mass is 10.0. The fourth-order valence-electron chi connectivity index (χ4n) is 4.21. The van der Waals surface area contributed by atoms with Crippen LogP contribution in [0.5, 0.6) is 23.0 Å². The molecule has 1 unspecified atom stereocenters. The molecule has 0 saturated heterocycles. The maximum absolute atomic E-state index is 6.41. The average Bonchev–Trinajstić information content (AvgIpc) is 3.39. The molecule has 2 aliphatic heterocycles. The summed E-state index contributed by atoms with van der Waals surface area (Å²) in [6, 6.07) is 9.56. The summed E-state index contributed by atoms with van der Waals surface area (Å²) in [6.45, 7) is 4.94. The van der Waals surface area contributed by atoms with Gasteiger partial charge in [-0.3, -0.25) is 0 Å². The van der Waals surface area contributed by atoms with Crippen molar-refractivity contribution in [3.8, 4) is 23.0 Å². The Labute approximate surface area is 220 Å². The van der Waals surface area contributed by atoms with Crippen molar-refractivity contribution in [2.24, 2.45) is 5.16 Å². The number of oxime groups is 1. The van der Waals surface area contributed by atoms with Crippen LogP contribution in [0.2, 0.25) is 5.02 Å². The van der Waals surface area contributed by atoms with Crippen LogP contribution in [-0.2, 0) is 11.3 Å². The molecule has 0 radical (unpaired) electrons. The molecule has 0 fully saturated rings. The number of nitrogens with zero attached hydrogens (tertiary/aromatic N) is 1. The smallest absolute Gasteiger partial charge is 0.165 e. The Hall–Kier alpha value is -2.28. The summed E-state index contributed by atoms with van der Waals surface area (Å²) in [4.78, 5) is 5.69. The first-order chi connectivity index (χ1) is 16.8. The molecule has 35 heavy (non-hydrogen) atoms. The van der Waals surface area contributed by atoms with Gasteiger partial charge in [0.05, 0.1) is 24.5 Å². The maximum atomic E-state index is 6.41. The van der Waals surface area contributed by atoms with Crippen molar-refractivity contribution in [1.82, 2.24) is 0 Å². The molecule has 2 aliphatic rings. The molecule has 0 spiro atoms. The van der Waals surface area contributed by atoms with Crippen molar-refractivity contribution in [1.29, 1.82) is 0 Å². The molecular formula is C26H28Cl3NO5. The van der Waals surface area contributed by atoms with Gasteiger partial charge in [0.25, 0.3) is 0 Å². The molecule has 2 aromatic rings. The minimum absolute atomic E-state index is 0.0590. The third-order valence-electron chi connectivity index (χ3n) is 5.74. The van der Waals surface area contributed by atoms with Gasteiger partial charge in [-0.25, -0.2) is 0 Å². The Morgan fingerprint density at radius 1 is 1.23 bits per heavy atom. The fraction of sp³-hybridized carbons (Fsp3) is 0.423. The van der Waals surface area contributed by atoms with Gasteiger partial charge in [-0.15, -0.1) is 0 Å². The van der Waals surface area contributed by atoms with Gasteiger partial charge in [0.15, 0.2) is 11.5 Å². The zero-order valence-electron chi connectivity index (χ0n) is 19.9. The summed E-state index contributed by atoms with van der Waals surface area (Å²) in [5.41, 5.74) is 2.47. The van der Waals surface area contributed by atoms with E-state index in [0.717, 1.165) is 42.0 Å². The minimum Gasteiger partial charge on any atom is -0.494 e. The van der Waals surface area contributed by atoms with Gasteiger partial charge in [-0.05, 0) is 44.9 Å². The Balaban J connectivity index is 1.31. The van der Waals surface area contributed by atoms with E-state index in [2.05, 4.69) is 25.1 Å². The largest absolute Gasteiger partial charge is 0.494 e. The number of methoxy groups -OCH3 is 1. The SMILES string of the molecule is COc1c(Cl)cc(OCC=C(Cl)Cl)cc1C1=NOC(CCCOc2cccc3c2OC(C)(C)C3)C1. The number of hydrogen-bond acceptors (Lipinski definition) is 6. The second kappa shape index (κ2) is 11.2. The molecule has 0 aliphatic carbocycles. The molecule has 0 bridgehead atoms. The van der Waals surface area contributed by atoms with Crippen LogP contribution in [0.1, 0.15) is 44.2 Å². The van der Waals surface area contributed by atoms with E-state index in [-0.39, 0.29) is 22.8 Å². The first-order valence-corrected chi connectivity index (χ1v) is 12.6. The van der Waals surface area contributed by atoms with Crippen molar-refractivity contribution in [2.45, 2.75) is 51.2 Å². The monoisotopic (exact) mass is 539 g/mol. The Bertz CT molecular complexity index is 1130. The van der Waals surface area contributed by atoms with E-state index in [4.69, 9.17) is 58.6 Å². The molecule has 4 rings (SSSR count). The summed E-state index contributed by atoms with van der Waals surface area (Å²) in [7, 11) is 1.57. The molecule has 2 heterocycles. The number of benzene rings is 2. The Morgan fingerprint density at radius 3 is 2.83 bits per heavy atom. The van der Waals surface area contributed by atoms with Gasteiger partial charge in [0, 0.05) is 30.0 Å². The highest BCUT2D eigenvalue weighted by molar-refractivity contribution is 6.55. The lowest BCUT2D eigenvalue weighted by Gasteiger charge is -2.18. The maximum Gasteiger partial charge on any atom is 0.165 e. The number of rotatable bonds is 10. The molecule has 0 amide bonds. The zero-order valence-corrected chi connectivity index (χ0v) is 22.2. The van der Waals surface area contributed by atoms with E-state index >= 15 is 0 Å². The number of hydrogen-bond donors (Lipinski definition) is 0. The van der Waals surface area contributed by atoms with Crippen LogP contribution in [0, 0.1) is 0 Å². The second-order valence-electron chi connectivity index (χ2n) is 9.03. The van der Waals surface area contributed by atoms with Crippen LogP contribution in [0.15, 0.2) is 46.1 Å². The van der Waals surface area contributed by atoms with E-state index in [1.165, 1.54) is 5.56 Å². The molecule has 6 nitrogen and oxygen atoms in total. The fourth-order valence-corrected chi connectivity index (χ4v) is 4.62. The number of ether oxygens (including phenoxy) is 4. The van der Waals surface area contributed by atoms with E-state index in [0.29, 0.717) is 29.5 Å². The van der Waals surface area contributed by atoms with Crippen LogP contribution in [-0.4, -0.2) is 37.7 Å². The van der Waals surface area contributed by atoms with Crippen LogP contribution in [0.4, 0.5) is 0 Å². The predicted molar refractivity (Wildman–Crippen MR) is 139 cm³/mol. The topological polar surface area (TPSA) is 58.5 Å². The zero-order chi connectivity index (χ0) is 25.0. The molecule has 2 aromatic carbocycles. The normalized spacial score (nSPS) is 17.7. The number of para-hydroxylation sites is 1. The van der Waals surface area contributed by atoms with Gasteiger partial charge in [0.2, 0.25) is 0 Å². The molecule has 9 heteroatoms. The van der Waals surface area contributed by atoms with E-state index in [9.17, 15) is 0 Å². The third-order valence-corrected chi connectivity index (χ3v) is 6.33. The second-order valence-corrected chi connectivity index (χ2v) is 10.4. The van der Waals surface area contributed by atoms with E-state index in [1.807, 2.05) is 18.2 Å². The van der Waals surface area contributed by atoms with E-state index < -0.39 is 0 Å². The predicted octanol–water partition coefficient (Wildman–Crippen LogP) is 7.11. The highest BCUT2D eigenvalue weighted by Gasteiger charge is 2.32. The van der Waals surface area contributed by atoms with Gasteiger partial charge in [-0.1, -0.05) is 52.1 Å². The summed E-state index contributed by atoms with van der Waals surface area (Å²) in [6.07, 6.45) is 4.60. The molecule has 0 N–H and O–H groups in total.